The minimum Gasteiger partial charge on any atom is -0.494 e. The second-order valence-corrected chi connectivity index (χ2v) is 3.38. The molecule has 17 heavy (non-hydrogen) atoms. The van der Waals surface area contributed by atoms with Gasteiger partial charge in [0.15, 0.2) is 11.6 Å². The topological polar surface area (TPSA) is 68.2 Å². The van der Waals surface area contributed by atoms with Crippen molar-refractivity contribution in [1.29, 1.82) is 0 Å². The van der Waals surface area contributed by atoms with Gasteiger partial charge in [0.05, 0.1) is 12.0 Å². The number of hydrogen-bond donors (Lipinski definition) is 1. The Morgan fingerprint density at radius 3 is 2.94 bits per heavy atom. The average molecular weight is 236 g/mol. The third kappa shape index (κ3) is 2.10. The fourth-order valence-corrected chi connectivity index (χ4v) is 1.58. The molecule has 0 saturated carbocycles. The quantitative estimate of drug-likeness (QED) is 0.657. The second-order valence-electron chi connectivity index (χ2n) is 3.38. The zero-order valence-corrected chi connectivity index (χ0v) is 8.94. The van der Waals surface area contributed by atoms with Gasteiger partial charge in [0.25, 0.3) is 0 Å². The van der Waals surface area contributed by atoms with Crippen molar-refractivity contribution in [3.05, 3.63) is 46.0 Å². The molecular weight excluding hydrogens is 227 g/mol. The Kier molecular flexibility index (Phi) is 2.78. The molecule has 0 aliphatic rings. The van der Waals surface area contributed by atoms with Crippen LogP contribution >= 0.6 is 0 Å². The van der Waals surface area contributed by atoms with Gasteiger partial charge < -0.3 is 9.72 Å². The van der Waals surface area contributed by atoms with Gasteiger partial charge in [-0.15, -0.1) is 0 Å². The smallest absolute Gasteiger partial charge is 0.235 e. The largest absolute Gasteiger partial charge is 0.494 e. The highest BCUT2D eigenvalue weighted by atomic mass is 19.1. The number of benzene rings is 1. The second kappa shape index (κ2) is 4.25. The van der Waals surface area contributed by atoms with E-state index < -0.39 is 10.7 Å². The van der Waals surface area contributed by atoms with Crippen molar-refractivity contribution in [3.63, 3.8) is 0 Å². The highest BCUT2D eigenvalue weighted by Crippen LogP contribution is 2.27. The van der Waals surface area contributed by atoms with Crippen LogP contribution in [0.25, 0.3) is 17.0 Å². The van der Waals surface area contributed by atoms with Gasteiger partial charge in [-0.2, -0.15) is 0 Å². The van der Waals surface area contributed by atoms with Crippen molar-refractivity contribution in [3.8, 4) is 5.75 Å². The van der Waals surface area contributed by atoms with Crippen LogP contribution in [0.2, 0.25) is 0 Å². The maximum Gasteiger partial charge on any atom is 0.235 e. The van der Waals surface area contributed by atoms with Gasteiger partial charge in [0, 0.05) is 34.8 Å². The van der Waals surface area contributed by atoms with Gasteiger partial charge in [0.2, 0.25) is 6.20 Å². The van der Waals surface area contributed by atoms with Gasteiger partial charge in [-0.25, -0.2) is 4.39 Å². The van der Waals surface area contributed by atoms with Gasteiger partial charge in [-0.05, 0) is 6.07 Å². The lowest BCUT2D eigenvalue weighted by molar-refractivity contribution is -0.400. The van der Waals surface area contributed by atoms with Crippen molar-refractivity contribution >= 4 is 17.0 Å². The summed E-state index contributed by atoms with van der Waals surface area (Å²) in [5, 5.41) is 10.9. The Bertz CT molecular complexity index is 604. The normalized spacial score (nSPS) is 11.2. The number of nitrogens with zero attached hydrogens (tertiary/aromatic N) is 1. The first-order valence-corrected chi connectivity index (χ1v) is 4.78. The molecule has 1 N–H and O–H groups in total. The van der Waals surface area contributed by atoms with Crippen molar-refractivity contribution < 1.29 is 14.1 Å². The lowest BCUT2D eigenvalue weighted by Gasteiger charge is -2.01. The number of H-pyrrole nitrogens is 1. The number of hydrogen-bond acceptors (Lipinski definition) is 3. The molecule has 0 aliphatic heterocycles. The molecule has 0 amide bonds. The van der Waals surface area contributed by atoms with Crippen LogP contribution in [0.15, 0.2) is 24.5 Å². The van der Waals surface area contributed by atoms with Crippen molar-refractivity contribution in [2.24, 2.45) is 0 Å². The molecule has 6 heteroatoms. The minimum absolute atomic E-state index is 0.104. The summed E-state index contributed by atoms with van der Waals surface area (Å²) in [7, 11) is 1.36. The molecular formula is C11H9FN2O3. The lowest BCUT2D eigenvalue weighted by atomic mass is 10.1. The number of fused-ring (bicyclic) bond motifs is 1. The van der Waals surface area contributed by atoms with Crippen molar-refractivity contribution in [2.75, 3.05) is 7.11 Å². The standard InChI is InChI=1S/C11H9FN2O3/c1-17-11-4-8-7(2-3-14(15)16)6-13-10(8)5-9(11)12/h2-6,13H,1H3. The summed E-state index contributed by atoms with van der Waals surface area (Å²) in [6, 6.07) is 2.79. The van der Waals surface area contributed by atoms with Crippen LogP contribution in [-0.4, -0.2) is 17.0 Å². The van der Waals surface area contributed by atoms with E-state index in [2.05, 4.69) is 4.98 Å². The number of ether oxygens (including phenoxy) is 1. The molecule has 0 bridgehead atoms. The molecule has 5 nitrogen and oxygen atoms in total. The van der Waals surface area contributed by atoms with Crippen LogP contribution in [0.5, 0.6) is 5.75 Å². The molecule has 0 fully saturated rings. The van der Waals surface area contributed by atoms with E-state index in [0.29, 0.717) is 16.5 Å². The first-order valence-electron chi connectivity index (χ1n) is 4.78. The molecule has 0 aliphatic carbocycles. The molecule has 2 aromatic rings. The molecule has 2 rings (SSSR count). The van der Waals surface area contributed by atoms with Crippen LogP contribution in [0, 0.1) is 15.9 Å². The van der Waals surface area contributed by atoms with E-state index in [0.717, 1.165) is 6.20 Å². The Morgan fingerprint density at radius 1 is 1.53 bits per heavy atom. The van der Waals surface area contributed by atoms with Gasteiger partial charge in [0.1, 0.15) is 0 Å². The number of aromatic amines is 1. The summed E-state index contributed by atoms with van der Waals surface area (Å²) in [5.41, 5.74) is 1.17. The van der Waals surface area contributed by atoms with E-state index in [4.69, 9.17) is 4.74 Å². The molecule has 0 atom stereocenters. The van der Waals surface area contributed by atoms with Crippen LogP contribution < -0.4 is 4.74 Å². The van der Waals surface area contributed by atoms with E-state index in [1.165, 1.54) is 25.3 Å². The number of methoxy groups -OCH3 is 1. The third-order valence-corrected chi connectivity index (χ3v) is 2.36. The molecule has 88 valence electrons. The van der Waals surface area contributed by atoms with Crippen molar-refractivity contribution in [1.82, 2.24) is 4.98 Å². The molecule has 1 heterocycles. The zero-order chi connectivity index (χ0) is 12.4. The Hall–Kier alpha value is -2.37. The minimum atomic E-state index is -0.556. The van der Waals surface area contributed by atoms with Gasteiger partial charge in [-0.1, -0.05) is 0 Å². The molecule has 0 unspecified atom stereocenters. The number of nitrogens with one attached hydrogen (secondary N) is 1. The summed E-state index contributed by atoms with van der Waals surface area (Å²) in [6.45, 7) is 0. The number of rotatable bonds is 3. The summed E-state index contributed by atoms with van der Waals surface area (Å²) in [5.74, 6) is -0.375. The van der Waals surface area contributed by atoms with Crippen LogP contribution in [0.3, 0.4) is 0 Å². The Balaban J connectivity index is 2.55. The Morgan fingerprint density at radius 2 is 2.29 bits per heavy atom. The van der Waals surface area contributed by atoms with Crippen LogP contribution in [0.4, 0.5) is 4.39 Å². The van der Waals surface area contributed by atoms with Gasteiger partial charge >= 0.3 is 0 Å². The van der Waals surface area contributed by atoms with E-state index in [-0.39, 0.29) is 5.75 Å². The summed E-state index contributed by atoms with van der Waals surface area (Å²) >= 11 is 0. The number of halogens is 1. The maximum atomic E-state index is 13.4. The summed E-state index contributed by atoms with van der Waals surface area (Å²) in [6.07, 6.45) is 3.75. The highest BCUT2D eigenvalue weighted by molar-refractivity contribution is 5.89. The monoisotopic (exact) mass is 236 g/mol. The molecule has 0 spiro atoms. The SMILES string of the molecule is COc1cc2c(C=C[N+](=O)[O-])c[nH]c2cc1F. The van der Waals surface area contributed by atoms with Crippen LogP contribution in [0.1, 0.15) is 5.56 Å². The van der Waals surface area contributed by atoms with Crippen LogP contribution in [-0.2, 0) is 0 Å². The molecule has 1 aromatic carbocycles. The number of nitro groups is 1. The van der Waals surface area contributed by atoms with E-state index in [1.807, 2.05) is 0 Å². The number of aromatic nitrogens is 1. The summed E-state index contributed by atoms with van der Waals surface area (Å²) in [4.78, 5) is 12.5. The van der Waals surface area contributed by atoms with E-state index >= 15 is 0 Å². The maximum absolute atomic E-state index is 13.4. The predicted octanol–water partition coefficient (Wildman–Crippen LogP) is 2.56. The first-order chi connectivity index (χ1) is 8.11. The van der Waals surface area contributed by atoms with Crippen molar-refractivity contribution in [2.45, 2.75) is 0 Å². The third-order valence-electron chi connectivity index (χ3n) is 2.36. The van der Waals surface area contributed by atoms with Gasteiger partial charge in [-0.3, -0.25) is 10.1 Å². The highest BCUT2D eigenvalue weighted by Gasteiger charge is 2.08. The Labute approximate surface area is 95.7 Å². The molecule has 0 radical (unpaired) electrons. The average Bonchev–Trinajstić information content (AvgIpc) is 2.67. The fourth-order valence-electron chi connectivity index (χ4n) is 1.58. The summed E-state index contributed by atoms with van der Waals surface area (Å²) < 4.78 is 18.2. The lowest BCUT2D eigenvalue weighted by Crippen LogP contribution is -1.87. The predicted molar refractivity (Wildman–Crippen MR) is 60.8 cm³/mol. The van der Waals surface area contributed by atoms with E-state index in [1.54, 1.807) is 6.20 Å². The van der Waals surface area contributed by atoms with E-state index in [9.17, 15) is 14.5 Å². The first kappa shape index (κ1) is 11.1. The molecule has 0 saturated heterocycles. The molecule has 1 aromatic heterocycles. The zero-order valence-electron chi connectivity index (χ0n) is 8.94. The fraction of sp³-hybridized carbons (Fsp3) is 0.0909.